The molecule has 1 unspecified atom stereocenters. The average molecular weight is 340 g/mol. The molecule has 0 saturated carbocycles. The van der Waals surface area contributed by atoms with Gasteiger partial charge in [-0.3, -0.25) is 14.5 Å². The summed E-state index contributed by atoms with van der Waals surface area (Å²) < 4.78 is 0.689. The normalized spacial score (nSPS) is 18.5. The van der Waals surface area contributed by atoms with E-state index in [4.69, 9.17) is 5.26 Å². The first-order chi connectivity index (χ1) is 9.01. The number of aromatic nitrogens is 1. The molecule has 0 spiro atoms. The number of thioether (sulfide) groups is 1. The van der Waals surface area contributed by atoms with E-state index in [9.17, 15) is 9.59 Å². The number of hydrogen-bond donors (Lipinski definition) is 0. The third-order valence-electron chi connectivity index (χ3n) is 2.63. The lowest BCUT2D eigenvalue weighted by Crippen LogP contribution is -2.26. The van der Waals surface area contributed by atoms with Crippen LogP contribution in [0.4, 0.5) is 5.82 Å². The van der Waals surface area contributed by atoms with Crippen molar-refractivity contribution in [1.29, 1.82) is 5.26 Å². The molecule has 0 aliphatic carbocycles. The van der Waals surface area contributed by atoms with E-state index in [-0.39, 0.29) is 16.3 Å². The molecule has 1 amide bonds. The van der Waals surface area contributed by atoms with Crippen molar-refractivity contribution in [3.05, 3.63) is 22.3 Å². The van der Waals surface area contributed by atoms with Gasteiger partial charge in [0.2, 0.25) is 5.91 Å². The Labute approximate surface area is 123 Å². The summed E-state index contributed by atoms with van der Waals surface area (Å²) in [6.07, 6.45) is 1.85. The number of carbonyl (C=O) groups excluding carboxylic acids is 2. The molecule has 1 atom stereocenters. The van der Waals surface area contributed by atoms with Gasteiger partial charge in [0, 0.05) is 35.8 Å². The molecule has 1 saturated heterocycles. The van der Waals surface area contributed by atoms with Crippen LogP contribution in [0.15, 0.2) is 16.7 Å². The Morgan fingerprint density at radius 3 is 3.05 bits per heavy atom. The van der Waals surface area contributed by atoms with Crippen LogP contribution in [0.25, 0.3) is 0 Å². The van der Waals surface area contributed by atoms with Crippen molar-refractivity contribution in [2.24, 2.45) is 0 Å². The molecule has 1 fully saturated rings. The zero-order valence-electron chi connectivity index (χ0n) is 10.1. The molecule has 19 heavy (non-hydrogen) atoms. The first kappa shape index (κ1) is 14.0. The number of amides is 1. The van der Waals surface area contributed by atoms with Crippen molar-refractivity contribution in [2.75, 3.05) is 11.4 Å². The van der Waals surface area contributed by atoms with Crippen LogP contribution in [0, 0.1) is 11.3 Å². The molecular weight excluding hydrogens is 330 g/mol. The van der Waals surface area contributed by atoms with Gasteiger partial charge in [0.25, 0.3) is 0 Å². The van der Waals surface area contributed by atoms with Crippen LogP contribution in [-0.4, -0.2) is 27.8 Å². The van der Waals surface area contributed by atoms with Crippen molar-refractivity contribution in [1.82, 2.24) is 4.98 Å². The van der Waals surface area contributed by atoms with Gasteiger partial charge in [0.05, 0.1) is 5.56 Å². The van der Waals surface area contributed by atoms with E-state index < -0.39 is 0 Å². The molecule has 2 rings (SSSR count). The van der Waals surface area contributed by atoms with Gasteiger partial charge < -0.3 is 0 Å². The van der Waals surface area contributed by atoms with Crippen molar-refractivity contribution in [3.63, 3.8) is 0 Å². The zero-order valence-corrected chi connectivity index (χ0v) is 12.5. The Kier molecular flexibility index (Phi) is 4.22. The van der Waals surface area contributed by atoms with E-state index in [1.54, 1.807) is 12.3 Å². The first-order valence-corrected chi connectivity index (χ1v) is 7.21. The lowest BCUT2D eigenvalue weighted by Gasteiger charge is -2.16. The first-order valence-electron chi connectivity index (χ1n) is 5.54. The van der Waals surface area contributed by atoms with Crippen LogP contribution in [0.2, 0.25) is 0 Å². The molecule has 1 aliphatic rings. The lowest BCUT2D eigenvalue weighted by atomic mass is 10.2. The summed E-state index contributed by atoms with van der Waals surface area (Å²) in [4.78, 5) is 28.7. The Morgan fingerprint density at radius 1 is 1.68 bits per heavy atom. The third kappa shape index (κ3) is 3.14. The van der Waals surface area contributed by atoms with Crippen LogP contribution < -0.4 is 4.90 Å². The van der Waals surface area contributed by atoms with Gasteiger partial charge >= 0.3 is 0 Å². The van der Waals surface area contributed by atoms with Crippen molar-refractivity contribution in [2.45, 2.75) is 18.6 Å². The molecule has 1 aliphatic heterocycles. The highest BCUT2D eigenvalue weighted by molar-refractivity contribution is 9.10. The Morgan fingerprint density at radius 2 is 2.42 bits per heavy atom. The number of rotatable bonds is 2. The smallest absolute Gasteiger partial charge is 0.229 e. The summed E-state index contributed by atoms with van der Waals surface area (Å²) in [5.74, 6) is 0.257. The summed E-state index contributed by atoms with van der Waals surface area (Å²) in [7, 11) is 0. The molecule has 1 aromatic heterocycles. The molecule has 0 radical (unpaired) electrons. The summed E-state index contributed by atoms with van der Waals surface area (Å²) in [6, 6.07) is 3.66. The highest BCUT2D eigenvalue weighted by Gasteiger charge is 2.33. The Balaban J connectivity index is 2.26. The van der Waals surface area contributed by atoms with E-state index in [1.807, 2.05) is 6.07 Å². The maximum atomic E-state index is 12.0. The second-order valence-electron chi connectivity index (χ2n) is 4.08. The largest absolute Gasteiger partial charge is 0.295 e. The van der Waals surface area contributed by atoms with Gasteiger partial charge in [-0.1, -0.05) is 11.8 Å². The average Bonchev–Trinajstić information content (AvgIpc) is 2.69. The summed E-state index contributed by atoms with van der Waals surface area (Å²) >= 11 is 4.40. The monoisotopic (exact) mass is 339 g/mol. The highest BCUT2D eigenvalue weighted by Crippen LogP contribution is 2.30. The third-order valence-corrected chi connectivity index (χ3v) is 4.05. The van der Waals surface area contributed by atoms with Crippen LogP contribution in [-0.2, 0) is 9.59 Å². The molecule has 2 heterocycles. The maximum absolute atomic E-state index is 12.0. The van der Waals surface area contributed by atoms with Crippen molar-refractivity contribution < 1.29 is 9.59 Å². The maximum Gasteiger partial charge on any atom is 0.229 e. The molecule has 0 N–H and O–H groups in total. The molecule has 5 nitrogen and oxygen atoms in total. The standard InChI is InChI=1S/C12H10BrN3O2S/c1-7(17)19-10-3-11(18)16(6-10)12-8(4-14)2-9(13)5-15-12/h2,5,10H,3,6H2,1H3. The number of carbonyl (C=O) groups is 2. The minimum absolute atomic E-state index is 0.0103. The summed E-state index contributed by atoms with van der Waals surface area (Å²) in [5.41, 5.74) is 0.344. The van der Waals surface area contributed by atoms with Crippen LogP contribution in [0.1, 0.15) is 18.9 Å². The minimum atomic E-state index is -0.106. The molecule has 1 aromatic rings. The van der Waals surface area contributed by atoms with E-state index >= 15 is 0 Å². The van der Waals surface area contributed by atoms with Crippen molar-refractivity contribution in [3.8, 4) is 6.07 Å². The SMILES string of the molecule is CC(=O)SC1CC(=O)N(c2ncc(Br)cc2C#N)C1. The fraction of sp³-hybridized carbons (Fsp3) is 0.333. The number of nitriles is 1. The number of pyridine rings is 1. The quantitative estimate of drug-likeness (QED) is 0.824. The Hall–Kier alpha value is -1.39. The minimum Gasteiger partial charge on any atom is -0.295 e. The van der Waals surface area contributed by atoms with Gasteiger partial charge in [-0.25, -0.2) is 4.98 Å². The second kappa shape index (κ2) is 5.72. The molecular formula is C12H10BrN3O2S. The van der Waals surface area contributed by atoms with Crippen LogP contribution >= 0.6 is 27.7 Å². The number of halogens is 1. The van der Waals surface area contributed by atoms with E-state index in [0.717, 1.165) is 11.8 Å². The number of nitrogens with zero attached hydrogens (tertiary/aromatic N) is 3. The summed E-state index contributed by atoms with van der Waals surface area (Å²) in [5, 5.41) is 9.01. The van der Waals surface area contributed by atoms with Gasteiger partial charge in [-0.2, -0.15) is 5.26 Å². The van der Waals surface area contributed by atoms with Gasteiger partial charge in [-0.15, -0.1) is 0 Å². The molecule has 0 bridgehead atoms. The van der Waals surface area contributed by atoms with Gasteiger partial charge in [0.1, 0.15) is 6.07 Å². The number of hydrogen-bond acceptors (Lipinski definition) is 5. The number of anilines is 1. The fourth-order valence-corrected chi connectivity index (χ4v) is 3.17. The van der Waals surface area contributed by atoms with E-state index in [2.05, 4.69) is 20.9 Å². The van der Waals surface area contributed by atoms with E-state index in [1.165, 1.54) is 11.8 Å². The predicted molar refractivity (Wildman–Crippen MR) is 75.7 cm³/mol. The topological polar surface area (TPSA) is 74.1 Å². The fourth-order valence-electron chi connectivity index (χ4n) is 1.92. The van der Waals surface area contributed by atoms with Crippen LogP contribution in [0.5, 0.6) is 0 Å². The highest BCUT2D eigenvalue weighted by atomic mass is 79.9. The summed E-state index contributed by atoms with van der Waals surface area (Å²) in [6.45, 7) is 1.89. The Bertz CT molecular complexity index is 585. The zero-order chi connectivity index (χ0) is 14.0. The molecule has 0 aromatic carbocycles. The van der Waals surface area contributed by atoms with Crippen molar-refractivity contribution >= 4 is 44.5 Å². The second-order valence-corrected chi connectivity index (χ2v) is 6.47. The predicted octanol–water partition coefficient (Wildman–Crippen LogP) is 2.10. The van der Waals surface area contributed by atoms with Gasteiger partial charge in [-0.05, 0) is 22.0 Å². The van der Waals surface area contributed by atoms with Gasteiger partial charge in [0.15, 0.2) is 10.9 Å². The van der Waals surface area contributed by atoms with E-state index in [0.29, 0.717) is 28.8 Å². The lowest BCUT2D eigenvalue weighted by molar-refractivity contribution is -0.117. The molecule has 7 heteroatoms. The van der Waals surface area contributed by atoms with Crippen LogP contribution in [0.3, 0.4) is 0 Å². The molecule has 98 valence electrons.